The summed E-state index contributed by atoms with van der Waals surface area (Å²) >= 11 is 0. The lowest BCUT2D eigenvalue weighted by Crippen LogP contribution is -1.81. The fourth-order valence-corrected chi connectivity index (χ4v) is 1.31. The van der Waals surface area contributed by atoms with E-state index >= 15 is 0 Å². The van der Waals surface area contributed by atoms with Crippen molar-refractivity contribution in [1.29, 1.82) is 5.26 Å². The Kier molecular flexibility index (Phi) is 4.97. The molecule has 0 aliphatic carbocycles. The third-order valence-corrected chi connectivity index (χ3v) is 2.08. The molecule has 0 atom stereocenters. The summed E-state index contributed by atoms with van der Waals surface area (Å²) in [6.45, 7) is 2.09. The van der Waals surface area contributed by atoms with Crippen molar-refractivity contribution in [3.63, 3.8) is 0 Å². The van der Waals surface area contributed by atoms with E-state index in [1.54, 1.807) is 0 Å². The average Bonchev–Trinajstić information content (AvgIpc) is 2.29. The van der Waals surface area contributed by atoms with Crippen LogP contribution in [0.15, 0.2) is 48.6 Å². The Balaban J connectivity index is 2.89. The molecule has 1 aromatic rings. The highest BCUT2D eigenvalue weighted by Crippen LogP contribution is 2.17. The molecule has 0 unspecified atom stereocenters. The van der Waals surface area contributed by atoms with Crippen LogP contribution in [0.5, 0.6) is 0 Å². The van der Waals surface area contributed by atoms with Crippen LogP contribution in [0.4, 0.5) is 0 Å². The van der Waals surface area contributed by atoms with E-state index in [0.29, 0.717) is 6.42 Å². The van der Waals surface area contributed by atoms with Gasteiger partial charge in [-0.1, -0.05) is 55.5 Å². The zero-order valence-corrected chi connectivity index (χ0v) is 8.98. The van der Waals surface area contributed by atoms with Gasteiger partial charge in [0.05, 0.1) is 12.5 Å². The third-order valence-electron chi connectivity index (χ3n) is 2.08. The molecule has 0 N–H and O–H groups in total. The molecule has 0 aromatic heterocycles. The third kappa shape index (κ3) is 3.83. The predicted molar refractivity (Wildman–Crippen MR) is 64.1 cm³/mol. The van der Waals surface area contributed by atoms with Crippen LogP contribution in [0.25, 0.3) is 5.57 Å². The molecule has 0 aliphatic rings. The first-order chi connectivity index (χ1) is 7.38. The van der Waals surface area contributed by atoms with E-state index in [1.165, 1.54) is 0 Å². The summed E-state index contributed by atoms with van der Waals surface area (Å²) in [5.41, 5.74) is 2.20. The summed E-state index contributed by atoms with van der Waals surface area (Å²) in [5.74, 6) is 0. The lowest BCUT2D eigenvalue weighted by atomic mass is 10.0. The van der Waals surface area contributed by atoms with Crippen molar-refractivity contribution in [2.75, 3.05) is 0 Å². The van der Waals surface area contributed by atoms with Gasteiger partial charge in [-0.05, 0) is 17.6 Å². The fourth-order valence-electron chi connectivity index (χ4n) is 1.31. The monoisotopic (exact) mass is 197 g/mol. The van der Waals surface area contributed by atoms with Crippen LogP contribution >= 0.6 is 0 Å². The minimum Gasteiger partial charge on any atom is -0.198 e. The molecule has 0 saturated heterocycles. The lowest BCUT2D eigenvalue weighted by molar-refractivity contribution is 1.22. The van der Waals surface area contributed by atoms with E-state index < -0.39 is 0 Å². The van der Waals surface area contributed by atoms with Gasteiger partial charge >= 0.3 is 0 Å². The normalized spacial score (nSPS) is 11.6. The number of nitrogens with zero attached hydrogens (tertiary/aromatic N) is 1. The van der Waals surface area contributed by atoms with Crippen LogP contribution in [-0.2, 0) is 0 Å². The number of benzene rings is 1. The Morgan fingerprint density at radius 3 is 2.67 bits per heavy atom. The molecule has 0 aliphatic heterocycles. The Hall–Kier alpha value is -1.81. The molecule has 1 nitrogen and oxygen atoms in total. The van der Waals surface area contributed by atoms with Gasteiger partial charge in [-0.2, -0.15) is 5.26 Å². The van der Waals surface area contributed by atoms with E-state index in [-0.39, 0.29) is 0 Å². The van der Waals surface area contributed by atoms with Crippen LogP contribution in [0.2, 0.25) is 0 Å². The molecular weight excluding hydrogens is 182 g/mol. The Morgan fingerprint density at radius 2 is 2.07 bits per heavy atom. The van der Waals surface area contributed by atoms with Crippen molar-refractivity contribution < 1.29 is 0 Å². The number of hydrogen-bond donors (Lipinski definition) is 0. The van der Waals surface area contributed by atoms with Crippen molar-refractivity contribution in [2.45, 2.75) is 19.8 Å². The first kappa shape index (κ1) is 11.3. The maximum Gasteiger partial charge on any atom is 0.0669 e. The number of hydrogen-bond acceptors (Lipinski definition) is 1. The van der Waals surface area contributed by atoms with E-state index in [4.69, 9.17) is 5.26 Å². The summed E-state index contributed by atoms with van der Waals surface area (Å²) in [6, 6.07) is 12.2. The molecule has 0 spiro atoms. The maximum atomic E-state index is 8.74. The summed E-state index contributed by atoms with van der Waals surface area (Å²) in [4.78, 5) is 0. The predicted octanol–water partition coefficient (Wildman–Crippen LogP) is 3.95. The van der Waals surface area contributed by atoms with Crippen molar-refractivity contribution >= 4 is 5.57 Å². The van der Waals surface area contributed by atoms with Crippen LogP contribution in [-0.4, -0.2) is 0 Å². The van der Waals surface area contributed by atoms with Gasteiger partial charge in [-0.3, -0.25) is 0 Å². The zero-order valence-electron chi connectivity index (χ0n) is 8.98. The molecule has 0 amide bonds. The van der Waals surface area contributed by atoms with Crippen molar-refractivity contribution in [3.8, 4) is 6.07 Å². The van der Waals surface area contributed by atoms with Crippen LogP contribution < -0.4 is 0 Å². The molecule has 0 heterocycles. The standard InChI is InChI=1S/C14H15N/c1-2-3-5-8-14(11-12-15)13-9-6-4-7-10-13/h3-10H,2,11H2,1H3. The number of allylic oxidation sites excluding steroid dienone is 4. The lowest BCUT2D eigenvalue weighted by Gasteiger charge is -2.01. The molecule has 1 rings (SSSR count). The second-order valence-corrected chi connectivity index (χ2v) is 3.23. The fraction of sp³-hybridized carbons (Fsp3) is 0.214. The quantitative estimate of drug-likeness (QED) is 0.670. The topological polar surface area (TPSA) is 23.8 Å². The Labute approximate surface area is 91.4 Å². The van der Waals surface area contributed by atoms with Gasteiger partial charge in [-0.15, -0.1) is 0 Å². The van der Waals surface area contributed by atoms with Gasteiger partial charge in [0.25, 0.3) is 0 Å². The summed E-state index contributed by atoms with van der Waals surface area (Å²) in [5, 5.41) is 8.74. The highest BCUT2D eigenvalue weighted by Gasteiger charge is 1.97. The van der Waals surface area contributed by atoms with Crippen LogP contribution in [0, 0.1) is 11.3 Å². The van der Waals surface area contributed by atoms with Gasteiger partial charge in [-0.25, -0.2) is 0 Å². The Morgan fingerprint density at radius 1 is 1.33 bits per heavy atom. The summed E-state index contributed by atoms with van der Waals surface area (Å²) in [6.07, 6.45) is 7.59. The summed E-state index contributed by atoms with van der Waals surface area (Å²) < 4.78 is 0. The molecule has 15 heavy (non-hydrogen) atoms. The molecule has 0 fully saturated rings. The molecule has 1 heteroatoms. The molecular formula is C14H15N. The number of nitriles is 1. The number of rotatable bonds is 4. The van der Waals surface area contributed by atoms with Crippen LogP contribution in [0.3, 0.4) is 0 Å². The SMILES string of the molecule is CCC=CC=C(CC#N)c1ccccc1. The highest BCUT2D eigenvalue weighted by molar-refractivity contribution is 5.68. The van der Waals surface area contributed by atoms with Gasteiger partial charge in [0.2, 0.25) is 0 Å². The van der Waals surface area contributed by atoms with Gasteiger partial charge in [0.1, 0.15) is 0 Å². The zero-order chi connectivity index (χ0) is 10.9. The van der Waals surface area contributed by atoms with Gasteiger partial charge in [0.15, 0.2) is 0 Å². The highest BCUT2D eigenvalue weighted by atomic mass is 14.2. The maximum absolute atomic E-state index is 8.74. The average molecular weight is 197 g/mol. The van der Waals surface area contributed by atoms with E-state index in [0.717, 1.165) is 17.6 Å². The molecule has 0 radical (unpaired) electrons. The molecule has 76 valence electrons. The molecule has 1 aromatic carbocycles. The second kappa shape index (κ2) is 6.62. The van der Waals surface area contributed by atoms with Crippen LogP contribution in [0.1, 0.15) is 25.3 Å². The largest absolute Gasteiger partial charge is 0.198 e. The second-order valence-electron chi connectivity index (χ2n) is 3.23. The molecule has 0 bridgehead atoms. The van der Waals surface area contributed by atoms with Crippen molar-refractivity contribution in [1.82, 2.24) is 0 Å². The minimum absolute atomic E-state index is 0.456. The van der Waals surface area contributed by atoms with E-state index in [2.05, 4.69) is 19.1 Å². The van der Waals surface area contributed by atoms with E-state index in [9.17, 15) is 0 Å². The smallest absolute Gasteiger partial charge is 0.0669 e. The van der Waals surface area contributed by atoms with E-state index in [1.807, 2.05) is 42.5 Å². The molecule has 0 saturated carbocycles. The van der Waals surface area contributed by atoms with Gasteiger partial charge < -0.3 is 0 Å². The van der Waals surface area contributed by atoms with Gasteiger partial charge in [0, 0.05) is 0 Å². The van der Waals surface area contributed by atoms with Crippen molar-refractivity contribution in [2.24, 2.45) is 0 Å². The Bertz CT molecular complexity index is 380. The first-order valence-corrected chi connectivity index (χ1v) is 5.16. The summed E-state index contributed by atoms with van der Waals surface area (Å²) in [7, 11) is 0. The minimum atomic E-state index is 0.456. The first-order valence-electron chi connectivity index (χ1n) is 5.16. The van der Waals surface area contributed by atoms with Crippen molar-refractivity contribution in [3.05, 3.63) is 54.1 Å².